The molecule has 6 aromatic heterocycles. The molecule has 0 aromatic carbocycles. The second-order valence-corrected chi connectivity index (χ2v) is 16.1. The maximum Gasteiger partial charge on any atom is 0.258 e. The minimum Gasteiger partial charge on any atom is -0.284 e. The van der Waals surface area contributed by atoms with Crippen molar-refractivity contribution in [2.45, 2.75) is 79.6 Å². The number of carbonyl (C=O) groups excluding carboxylic acids is 1. The molecule has 0 saturated carbocycles. The molecule has 236 valence electrons. The summed E-state index contributed by atoms with van der Waals surface area (Å²) in [5, 5.41) is 6.69. The number of aromatic nitrogens is 6. The van der Waals surface area contributed by atoms with Gasteiger partial charge in [-0.05, 0) is 41.7 Å². The normalized spacial score (nSPS) is 13.2. The number of fused-ring (bicyclic) bond motifs is 4. The minimum absolute atomic E-state index is 0.130. The summed E-state index contributed by atoms with van der Waals surface area (Å²) in [6.07, 6.45) is 13.0. The maximum absolute atomic E-state index is 11.6. The zero-order valence-electron chi connectivity index (χ0n) is 27.0. The molecule has 1 aliphatic heterocycles. The predicted octanol–water partition coefficient (Wildman–Crippen LogP) is 10.4. The van der Waals surface area contributed by atoms with Crippen molar-refractivity contribution in [2.24, 2.45) is 5.92 Å². The molecule has 8 rings (SSSR count). The van der Waals surface area contributed by atoms with Crippen LogP contribution in [-0.4, -0.2) is 35.0 Å². The summed E-state index contributed by atoms with van der Waals surface area (Å²) >= 11 is 6.93. The Kier molecular flexibility index (Phi) is 10.6. The Balaban J connectivity index is 0.000000119. The number of nitrogens with zero attached hydrogens (tertiary/aromatic N) is 6. The van der Waals surface area contributed by atoms with Crippen LogP contribution in [0.3, 0.4) is 0 Å². The largest absolute Gasteiger partial charge is 0.284 e. The molecule has 0 fully saturated rings. The van der Waals surface area contributed by atoms with Gasteiger partial charge in [0, 0.05) is 51.7 Å². The second kappa shape index (κ2) is 14.5. The van der Waals surface area contributed by atoms with Crippen LogP contribution in [-0.2, 0) is 6.42 Å². The summed E-state index contributed by atoms with van der Waals surface area (Å²) in [5.74, 6) is 2.17. The van der Waals surface area contributed by atoms with E-state index in [1.807, 2.05) is 65.8 Å². The van der Waals surface area contributed by atoms with Crippen LogP contribution in [0.2, 0.25) is 0 Å². The molecule has 2 aliphatic rings. The van der Waals surface area contributed by atoms with Gasteiger partial charge in [0.05, 0.1) is 16.7 Å². The Labute approximate surface area is 281 Å². The molecule has 0 N–H and O–H groups in total. The lowest BCUT2D eigenvalue weighted by Crippen LogP contribution is -2.10. The smallest absolute Gasteiger partial charge is 0.258 e. The van der Waals surface area contributed by atoms with E-state index < -0.39 is 0 Å². The van der Waals surface area contributed by atoms with Crippen LogP contribution in [0.15, 0.2) is 53.9 Å². The fourth-order valence-corrected chi connectivity index (χ4v) is 8.30. The van der Waals surface area contributed by atoms with Gasteiger partial charge in [-0.3, -0.25) is 9.36 Å². The van der Waals surface area contributed by atoms with Gasteiger partial charge >= 0.3 is 0 Å². The highest BCUT2D eigenvalue weighted by Crippen LogP contribution is 2.33. The van der Waals surface area contributed by atoms with E-state index in [0.29, 0.717) is 23.7 Å². The van der Waals surface area contributed by atoms with E-state index in [2.05, 4.69) is 79.8 Å². The van der Waals surface area contributed by atoms with Crippen molar-refractivity contribution in [1.29, 1.82) is 0 Å². The third kappa shape index (κ3) is 7.77. The third-order valence-electron chi connectivity index (χ3n) is 7.11. The average Bonchev–Trinajstić information content (AvgIpc) is 3.80. The van der Waals surface area contributed by atoms with Crippen molar-refractivity contribution in [3.05, 3.63) is 85.0 Å². The van der Waals surface area contributed by atoms with Crippen molar-refractivity contribution in [3.63, 3.8) is 0 Å². The van der Waals surface area contributed by atoms with Gasteiger partial charge in [0.15, 0.2) is 9.66 Å². The molecule has 45 heavy (non-hydrogen) atoms. The van der Waals surface area contributed by atoms with Gasteiger partial charge in [0.2, 0.25) is 4.96 Å². The van der Waals surface area contributed by atoms with Gasteiger partial charge in [-0.25, -0.2) is 19.5 Å². The van der Waals surface area contributed by atoms with Crippen LogP contribution < -0.4 is 0 Å². The summed E-state index contributed by atoms with van der Waals surface area (Å²) in [4.78, 5) is 30.6. The summed E-state index contributed by atoms with van der Waals surface area (Å²) in [7, 11) is 0. The molecule has 0 bridgehead atoms. The standard InChI is InChI=1S/C10H11NO.C10H12S.C7H9N3S.C7H8N2S2/c1-7(2)9-6-8-4-3-5-11(8)10(9)12;1-7(2)10-6-8-4-3-5-9(8)11-10;1-5(2)6-9-10-4-3-8-7(10)11-6;1-4(2)5-9-7-6(11-5)8-3-10-7/h3-7H,1-2H3;3-4,6-7H,5H2,1-2H3;3-5H,1-2H3;3-4H,1-2H3. The predicted molar refractivity (Wildman–Crippen MR) is 193 cm³/mol. The zero-order chi connectivity index (χ0) is 32.2. The molecular weight excluding hydrogens is 637 g/mol. The SMILES string of the molecule is CC(C)C1=Cc2cccn2C1=O.CC(C)c1cc2c(s1)CC=C2.CC(C)c1nc2scnc2s1.CC(C)c1nn2ccnc2s1. The quantitative estimate of drug-likeness (QED) is 0.186. The van der Waals surface area contributed by atoms with Gasteiger partial charge < -0.3 is 0 Å². The highest BCUT2D eigenvalue weighted by Gasteiger charge is 2.22. The fourth-order valence-electron chi connectivity index (χ4n) is 4.54. The number of carbonyl (C=O) groups is 1. The molecule has 0 amide bonds. The summed E-state index contributed by atoms with van der Waals surface area (Å²) in [6.45, 7) is 17.2. The Hall–Kier alpha value is -3.25. The van der Waals surface area contributed by atoms with Crippen molar-refractivity contribution in [3.8, 4) is 0 Å². The summed E-state index contributed by atoms with van der Waals surface area (Å²) in [5.41, 5.74) is 5.21. The van der Waals surface area contributed by atoms with Crippen LogP contribution in [0.25, 0.3) is 26.8 Å². The molecule has 0 spiro atoms. The Bertz CT molecular complexity index is 1810. The molecule has 1 aliphatic carbocycles. The zero-order valence-corrected chi connectivity index (χ0v) is 30.3. The van der Waals surface area contributed by atoms with E-state index >= 15 is 0 Å². The van der Waals surface area contributed by atoms with Crippen molar-refractivity contribution >= 4 is 78.0 Å². The maximum atomic E-state index is 11.6. The van der Waals surface area contributed by atoms with Crippen molar-refractivity contribution in [1.82, 2.24) is 29.1 Å². The number of hydrogen-bond donors (Lipinski definition) is 0. The molecule has 0 atom stereocenters. The number of allylic oxidation sites excluding steroid dienone is 2. The number of hydrogen-bond acceptors (Lipinski definition) is 9. The number of imidazole rings is 1. The van der Waals surface area contributed by atoms with Crippen LogP contribution in [0, 0.1) is 5.92 Å². The van der Waals surface area contributed by atoms with Crippen LogP contribution in [0.1, 0.15) is 109 Å². The highest BCUT2D eigenvalue weighted by molar-refractivity contribution is 7.25. The molecule has 7 heterocycles. The van der Waals surface area contributed by atoms with Crippen LogP contribution in [0.4, 0.5) is 0 Å². The van der Waals surface area contributed by atoms with Gasteiger partial charge in [0.25, 0.3) is 5.91 Å². The first-order chi connectivity index (χ1) is 21.5. The second-order valence-electron chi connectivity index (χ2n) is 12.1. The van der Waals surface area contributed by atoms with E-state index in [1.54, 1.807) is 49.7 Å². The Morgan fingerprint density at radius 2 is 1.62 bits per heavy atom. The molecule has 7 nitrogen and oxygen atoms in total. The minimum atomic E-state index is 0.130. The van der Waals surface area contributed by atoms with Gasteiger partial charge in [-0.15, -0.1) is 22.7 Å². The first-order valence-electron chi connectivity index (χ1n) is 15.2. The van der Waals surface area contributed by atoms with Gasteiger partial charge in [-0.2, -0.15) is 5.10 Å². The van der Waals surface area contributed by atoms with E-state index in [0.717, 1.165) is 37.3 Å². The van der Waals surface area contributed by atoms with Gasteiger partial charge in [-0.1, -0.05) is 90.2 Å². The lowest BCUT2D eigenvalue weighted by atomic mass is 10.0. The van der Waals surface area contributed by atoms with Crippen molar-refractivity contribution < 1.29 is 4.79 Å². The van der Waals surface area contributed by atoms with E-state index in [4.69, 9.17) is 0 Å². The van der Waals surface area contributed by atoms with Crippen LogP contribution >= 0.6 is 45.3 Å². The number of rotatable bonds is 4. The number of thiophene rings is 1. The van der Waals surface area contributed by atoms with E-state index in [-0.39, 0.29) is 5.91 Å². The lowest BCUT2D eigenvalue weighted by molar-refractivity contribution is 0.0953. The highest BCUT2D eigenvalue weighted by atomic mass is 32.1. The molecule has 11 heteroatoms. The van der Waals surface area contributed by atoms with Gasteiger partial charge in [0.1, 0.15) is 5.01 Å². The molecular formula is C34H40N6OS4. The van der Waals surface area contributed by atoms with Crippen LogP contribution in [0.5, 0.6) is 0 Å². The third-order valence-corrected chi connectivity index (χ3v) is 11.9. The Morgan fingerprint density at radius 1 is 0.844 bits per heavy atom. The summed E-state index contributed by atoms with van der Waals surface area (Å²) in [6, 6.07) is 6.17. The Morgan fingerprint density at radius 3 is 2.24 bits per heavy atom. The lowest BCUT2D eigenvalue weighted by Gasteiger charge is -2.03. The number of thiazole rings is 2. The first kappa shape index (κ1) is 33.1. The van der Waals surface area contributed by atoms with E-state index in [1.165, 1.54) is 15.4 Å². The molecule has 0 saturated heterocycles. The fraction of sp³-hybridized carbons (Fsp3) is 0.382. The van der Waals surface area contributed by atoms with E-state index in [9.17, 15) is 4.79 Å². The molecule has 0 unspecified atom stereocenters. The van der Waals surface area contributed by atoms with Crippen molar-refractivity contribution in [2.75, 3.05) is 0 Å². The topological polar surface area (TPSA) is 78.0 Å². The molecule has 0 radical (unpaired) electrons. The molecule has 6 aromatic rings. The average molecular weight is 677 g/mol. The first-order valence-corrected chi connectivity index (χ1v) is 18.6. The summed E-state index contributed by atoms with van der Waals surface area (Å²) < 4.78 is 3.51. The monoisotopic (exact) mass is 676 g/mol.